The zero-order valence-electron chi connectivity index (χ0n) is 28.2. The average molecular weight is 656 g/mol. The Labute approximate surface area is 296 Å². The van der Waals surface area contributed by atoms with E-state index in [2.05, 4.69) is 162 Å². The fraction of sp³-hybridized carbons (Fsp3) is 0.319. The first-order valence-corrected chi connectivity index (χ1v) is 19.7. The number of anilines is 1. The van der Waals surface area contributed by atoms with Gasteiger partial charge in [0.05, 0.1) is 0 Å². The predicted octanol–water partition coefficient (Wildman–Crippen LogP) is 11.7. The fourth-order valence-electron chi connectivity index (χ4n) is 11.4. The van der Waals surface area contributed by atoms with Gasteiger partial charge in [-0.25, -0.2) is 0 Å². The van der Waals surface area contributed by atoms with E-state index in [-0.39, 0.29) is 5.41 Å². The third-order valence-electron chi connectivity index (χ3n) is 13.1. The topological polar surface area (TPSA) is 3.24 Å². The van der Waals surface area contributed by atoms with Crippen LogP contribution in [-0.4, -0.2) is 16.5 Å². The van der Waals surface area contributed by atoms with E-state index in [1.807, 2.05) is 0 Å². The van der Waals surface area contributed by atoms with Crippen molar-refractivity contribution in [3.8, 4) is 0 Å². The Bertz CT molecular complexity index is 2040. The average Bonchev–Trinajstić information content (AvgIpc) is 3.70. The van der Waals surface area contributed by atoms with Crippen molar-refractivity contribution < 1.29 is 0 Å². The fourth-order valence-corrected chi connectivity index (χ4v) is 13.4. The van der Waals surface area contributed by atoms with Crippen LogP contribution in [0.15, 0.2) is 151 Å². The third-order valence-corrected chi connectivity index (χ3v) is 14.8. The van der Waals surface area contributed by atoms with Gasteiger partial charge in [-0.3, -0.25) is 0 Å². The van der Waals surface area contributed by atoms with Gasteiger partial charge < -0.3 is 4.90 Å². The molecule has 8 atom stereocenters. The van der Waals surface area contributed by atoms with Crippen LogP contribution in [0.1, 0.15) is 61.6 Å². The van der Waals surface area contributed by atoms with Gasteiger partial charge in [0.2, 0.25) is 0 Å². The summed E-state index contributed by atoms with van der Waals surface area (Å²) in [6.07, 6.45) is 27.9. The van der Waals surface area contributed by atoms with Crippen molar-refractivity contribution in [1.82, 2.24) is 0 Å². The molecular formula is C47H45NS. The summed E-state index contributed by atoms with van der Waals surface area (Å²) in [5.74, 6) is 2.49. The molecule has 5 aliphatic carbocycles. The summed E-state index contributed by atoms with van der Waals surface area (Å²) < 4.78 is 0. The van der Waals surface area contributed by atoms with E-state index in [0.717, 1.165) is 25.2 Å². The summed E-state index contributed by atoms with van der Waals surface area (Å²) in [6.45, 7) is 0. The minimum Gasteiger partial charge on any atom is -0.341 e. The number of allylic oxidation sites excluding steroid dienone is 9. The molecule has 0 amide bonds. The Kier molecular flexibility index (Phi) is 7.37. The maximum Gasteiger partial charge on any atom is 0.0490 e. The van der Waals surface area contributed by atoms with Crippen LogP contribution in [0.4, 0.5) is 5.69 Å². The highest BCUT2D eigenvalue weighted by molar-refractivity contribution is 8.01. The Morgan fingerprint density at radius 2 is 1.57 bits per heavy atom. The zero-order chi connectivity index (χ0) is 32.4. The molecule has 0 bridgehead atoms. The van der Waals surface area contributed by atoms with Crippen LogP contribution < -0.4 is 4.90 Å². The SMILES string of the molecule is C1=CCCC(N(c2cccc3ccccc23)C2CCC3C(C2)SC2C=CCC([C@]4(c5ccccc5)c5ccccc5C5=CC=CCC54)C23)=C1. The van der Waals surface area contributed by atoms with Crippen LogP contribution in [-0.2, 0) is 5.41 Å². The van der Waals surface area contributed by atoms with Crippen LogP contribution in [0, 0.1) is 23.7 Å². The van der Waals surface area contributed by atoms with E-state index in [1.165, 1.54) is 59.0 Å². The van der Waals surface area contributed by atoms with Crippen molar-refractivity contribution in [2.45, 2.75) is 66.9 Å². The number of benzene rings is 4. The Morgan fingerprint density at radius 1 is 0.735 bits per heavy atom. The van der Waals surface area contributed by atoms with E-state index >= 15 is 0 Å². The highest BCUT2D eigenvalue weighted by Crippen LogP contribution is 2.67. The summed E-state index contributed by atoms with van der Waals surface area (Å²) in [5.41, 5.74) is 9.07. The lowest BCUT2D eigenvalue weighted by atomic mass is 9.52. The molecule has 1 saturated heterocycles. The molecule has 2 fully saturated rings. The van der Waals surface area contributed by atoms with Crippen molar-refractivity contribution in [2.24, 2.45) is 23.7 Å². The molecular weight excluding hydrogens is 611 g/mol. The molecule has 4 aromatic carbocycles. The monoisotopic (exact) mass is 655 g/mol. The minimum atomic E-state index is -0.0113. The summed E-state index contributed by atoms with van der Waals surface area (Å²) in [6, 6.07) is 37.7. The molecule has 0 radical (unpaired) electrons. The van der Waals surface area contributed by atoms with Gasteiger partial charge in [-0.1, -0.05) is 134 Å². The highest BCUT2D eigenvalue weighted by atomic mass is 32.2. The molecule has 1 nitrogen and oxygen atoms in total. The van der Waals surface area contributed by atoms with Crippen LogP contribution in [0.5, 0.6) is 0 Å². The van der Waals surface area contributed by atoms with Crippen LogP contribution >= 0.6 is 11.8 Å². The lowest BCUT2D eigenvalue weighted by molar-refractivity contribution is 0.119. The molecule has 1 saturated carbocycles. The second-order valence-corrected chi connectivity index (χ2v) is 16.7. The van der Waals surface area contributed by atoms with E-state index in [0.29, 0.717) is 34.3 Å². The van der Waals surface area contributed by atoms with E-state index < -0.39 is 0 Å². The number of thioether (sulfide) groups is 1. The molecule has 244 valence electrons. The number of hydrogen-bond acceptors (Lipinski definition) is 2. The molecule has 1 heterocycles. The maximum absolute atomic E-state index is 2.79. The van der Waals surface area contributed by atoms with Gasteiger partial charge in [-0.15, -0.1) is 0 Å². The van der Waals surface area contributed by atoms with Gasteiger partial charge in [-0.2, -0.15) is 11.8 Å². The standard InChI is InChI=1S/C47H45NS/c1-3-17-33(18-4-1)47(40-24-11-9-22-37(40)38-23-10-12-25-41(38)47)42-26-14-28-44-46(42)39-30-29-35(31-45(39)49-44)48(34-19-5-2-6-20-34)43-27-13-16-32-15-7-8-21-36(32)43/h1-5,7-19,21-24,27-28,35,39,41-42,44-46H,6,20,25-26,29-31H2/t35?,39?,41?,42?,44?,45?,46?,47-/m1/s1. The Morgan fingerprint density at radius 3 is 2.49 bits per heavy atom. The molecule has 7 unspecified atom stereocenters. The van der Waals surface area contributed by atoms with Crippen molar-refractivity contribution in [2.75, 3.05) is 4.90 Å². The van der Waals surface area contributed by atoms with Gasteiger partial charge in [-0.05, 0) is 102 Å². The predicted molar refractivity (Wildman–Crippen MR) is 209 cm³/mol. The molecule has 4 aromatic rings. The summed E-state index contributed by atoms with van der Waals surface area (Å²) >= 11 is 2.34. The molecule has 0 spiro atoms. The molecule has 0 N–H and O–H groups in total. The Hall–Kier alpha value is -4.01. The number of nitrogens with zero attached hydrogens (tertiary/aromatic N) is 1. The van der Waals surface area contributed by atoms with E-state index in [1.54, 1.807) is 11.1 Å². The molecule has 6 aliphatic rings. The van der Waals surface area contributed by atoms with Crippen molar-refractivity contribution in [3.63, 3.8) is 0 Å². The van der Waals surface area contributed by atoms with Crippen LogP contribution in [0.3, 0.4) is 0 Å². The summed E-state index contributed by atoms with van der Waals surface area (Å²) in [7, 11) is 0. The van der Waals surface area contributed by atoms with E-state index in [4.69, 9.17) is 0 Å². The van der Waals surface area contributed by atoms with Gasteiger partial charge in [0.25, 0.3) is 0 Å². The second-order valence-electron chi connectivity index (χ2n) is 15.2. The van der Waals surface area contributed by atoms with Crippen molar-refractivity contribution in [3.05, 3.63) is 168 Å². The minimum absolute atomic E-state index is 0.0113. The molecule has 2 heteroatoms. The summed E-state index contributed by atoms with van der Waals surface area (Å²) in [4.78, 5) is 2.79. The molecule has 10 rings (SSSR count). The Balaban J connectivity index is 1.05. The number of hydrogen-bond donors (Lipinski definition) is 0. The lowest BCUT2D eigenvalue weighted by Crippen LogP contribution is -2.49. The van der Waals surface area contributed by atoms with Gasteiger partial charge in [0.1, 0.15) is 0 Å². The normalized spacial score (nSPS) is 32.5. The zero-order valence-corrected chi connectivity index (χ0v) is 29.0. The van der Waals surface area contributed by atoms with Crippen molar-refractivity contribution in [1.29, 1.82) is 0 Å². The van der Waals surface area contributed by atoms with Gasteiger partial charge in [0, 0.05) is 44.6 Å². The van der Waals surface area contributed by atoms with Crippen LogP contribution in [0.25, 0.3) is 16.3 Å². The lowest BCUT2D eigenvalue weighted by Gasteiger charge is -2.51. The largest absolute Gasteiger partial charge is 0.341 e. The first-order valence-electron chi connectivity index (χ1n) is 18.8. The molecule has 0 aromatic heterocycles. The van der Waals surface area contributed by atoms with Gasteiger partial charge in [0.15, 0.2) is 0 Å². The highest BCUT2D eigenvalue weighted by Gasteiger charge is 2.61. The smallest absolute Gasteiger partial charge is 0.0490 e. The number of fused-ring (bicyclic) bond motifs is 7. The maximum atomic E-state index is 2.79. The molecule has 1 aliphatic heterocycles. The second kappa shape index (κ2) is 12.1. The summed E-state index contributed by atoms with van der Waals surface area (Å²) in [5, 5.41) is 4.00. The first kappa shape index (κ1) is 29.9. The van der Waals surface area contributed by atoms with Crippen molar-refractivity contribution >= 4 is 33.8 Å². The van der Waals surface area contributed by atoms with E-state index in [9.17, 15) is 0 Å². The third kappa shape index (κ3) is 4.59. The quantitative estimate of drug-likeness (QED) is 0.197. The number of rotatable bonds is 5. The first-order chi connectivity index (χ1) is 24.3. The van der Waals surface area contributed by atoms with Crippen LogP contribution in [0.2, 0.25) is 0 Å². The van der Waals surface area contributed by atoms with Gasteiger partial charge >= 0.3 is 0 Å². The molecule has 49 heavy (non-hydrogen) atoms.